The maximum atomic E-state index is 12.3. The van der Waals surface area contributed by atoms with Crippen molar-refractivity contribution in [1.29, 1.82) is 5.26 Å². The quantitative estimate of drug-likeness (QED) is 0.509. The normalized spacial score (nSPS) is 17.1. The van der Waals surface area contributed by atoms with E-state index in [1.165, 1.54) is 25.1 Å². The lowest BCUT2D eigenvalue weighted by molar-refractivity contribution is -0.384. The van der Waals surface area contributed by atoms with Crippen molar-refractivity contribution >= 4 is 11.7 Å². The Kier molecular flexibility index (Phi) is 4.84. The molecule has 0 radical (unpaired) electrons. The van der Waals surface area contributed by atoms with Crippen molar-refractivity contribution in [2.45, 2.75) is 19.8 Å². The number of nitro benzene ring substituents is 1. The number of nitrogens with two attached hydrogens (primary N) is 1. The number of carbonyl (C=O) groups excluding carboxylic acids is 1. The molecule has 0 aromatic heterocycles. The molecule has 0 amide bonds. The molecule has 1 atom stereocenters. The van der Waals surface area contributed by atoms with Crippen LogP contribution in [0.3, 0.4) is 0 Å². The van der Waals surface area contributed by atoms with Gasteiger partial charge in [0.05, 0.1) is 23.0 Å². The van der Waals surface area contributed by atoms with Crippen molar-refractivity contribution in [2.75, 3.05) is 6.61 Å². The molecule has 8 nitrogen and oxygen atoms in total. The average molecular weight is 329 g/mol. The molecule has 124 valence electrons. The molecule has 0 aliphatic carbocycles. The van der Waals surface area contributed by atoms with Crippen LogP contribution in [-0.4, -0.2) is 17.5 Å². The van der Waals surface area contributed by atoms with E-state index in [1.807, 2.05) is 6.07 Å². The first-order chi connectivity index (χ1) is 11.4. The molecule has 0 unspecified atom stereocenters. The lowest BCUT2D eigenvalue weighted by Crippen LogP contribution is -2.25. The first kappa shape index (κ1) is 17.0. The Hall–Kier alpha value is -3.34. The maximum absolute atomic E-state index is 12.3. The third-order valence-corrected chi connectivity index (χ3v) is 3.52. The topological polar surface area (TPSA) is 128 Å². The number of non-ortho nitro benzene ring substituents is 1. The molecule has 0 fully saturated rings. The van der Waals surface area contributed by atoms with Crippen molar-refractivity contribution in [3.05, 3.63) is 62.7 Å². The molecule has 1 aromatic carbocycles. The fourth-order valence-corrected chi connectivity index (χ4v) is 2.51. The smallest absolute Gasteiger partial charge is 0.338 e. The fraction of sp³-hybridized carbons (Fsp3) is 0.250. The summed E-state index contributed by atoms with van der Waals surface area (Å²) in [5.41, 5.74) is 6.09. The number of esters is 1. The number of nitrogens with zero attached hydrogens (tertiary/aromatic N) is 2. The number of hydrogen-bond acceptors (Lipinski definition) is 7. The standard InChI is InChI=1S/C16H15N3O5/c1-3-23-16(20)13-9(2)24-15(18)12(8-17)14(13)10-5-4-6-11(7-10)19(21)22/h4-7,14H,3,18H2,1-2H3/t14-/m1/s1. The minimum absolute atomic E-state index is 0.00384. The summed E-state index contributed by atoms with van der Waals surface area (Å²) in [5, 5.41) is 20.4. The molecule has 1 aliphatic heterocycles. The van der Waals surface area contributed by atoms with Gasteiger partial charge in [-0.15, -0.1) is 0 Å². The molecule has 1 heterocycles. The number of rotatable bonds is 4. The number of ether oxygens (including phenoxy) is 2. The molecule has 0 saturated carbocycles. The van der Waals surface area contributed by atoms with E-state index in [2.05, 4.69) is 0 Å². The van der Waals surface area contributed by atoms with Gasteiger partial charge >= 0.3 is 5.97 Å². The van der Waals surface area contributed by atoms with Crippen LogP contribution in [0.15, 0.2) is 47.1 Å². The predicted molar refractivity (Wildman–Crippen MR) is 83.1 cm³/mol. The number of allylic oxidation sites excluding steroid dienone is 2. The van der Waals surface area contributed by atoms with Gasteiger partial charge in [-0.25, -0.2) is 4.79 Å². The first-order valence-electron chi connectivity index (χ1n) is 7.10. The van der Waals surface area contributed by atoms with Crippen molar-refractivity contribution in [3.63, 3.8) is 0 Å². The zero-order chi connectivity index (χ0) is 17.9. The number of hydrogen-bond donors (Lipinski definition) is 1. The summed E-state index contributed by atoms with van der Waals surface area (Å²) in [6.45, 7) is 3.31. The van der Waals surface area contributed by atoms with E-state index in [-0.39, 0.29) is 35.1 Å². The van der Waals surface area contributed by atoms with Gasteiger partial charge in [0.1, 0.15) is 17.4 Å². The molecule has 2 N–H and O–H groups in total. The van der Waals surface area contributed by atoms with Crippen LogP contribution < -0.4 is 5.73 Å². The Morgan fingerprint density at radius 3 is 2.83 bits per heavy atom. The summed E-state index contributed by atoms with van der Waals surface area (Å²) in [4.78, 5) is 22.8. The van der Waals surface area contributed by atoms with Crippen LogP contribution in [0.5, 0.6) is 0 Å². The minimum atomic E-state index is -0.886. The van der Waals surface area contributed by atoms with Crippen LogP contribution in [0.25, 0.3) is 0 Å². The summed E-state index contributed by atoms with van der Waals surface area (Å²) in [5.74, 6) is -1.49. The van der Waals surface area contributed by atoms with Gasteiger partial charge in [0.15, 0.2) is 0 Å². The largest absolute Gasteiger partial charge is 0.463 e. The number of nitriles is 1. The highest BCUT2D eigenvalue weighted by Crippen LogP contribution is 2.40. The van der Waals surface area contributed by atoms with E-state index in [0.29, 0.717) is 5.56 Å². The van der Waals surface area contributed by atoms with E-state index >= 15 is 0 Å². The highest BCUT2D eigenvalue weighted by molar-refractivity contribution is 5.92. The van der Waals surface area contributed by atoms with Crippen LogP contribution in [0, 0.1) is 21.4 Å². The Morgan fingerprint density at radius 1 is 1.54 bits per heavy atom. The molecule has 0 spiro atoms. The van der Waals surface area contributed by atoms with E-state index in [0.717, 1.165) is 0 Å². The number of carbonyl (C=O) groups is 1. The van der Waals surface area contributed by atoms with Crippen molar-refractivity contribution in [3.8, 4) is 6.07 Å². The van der Waals surface area contributed by atoms with Gasteiger partial charge in [0.2, 0.25) is 5.88 Å². The molecule has 1 aliphatic rings. The monoisotopic (exact) mass is 329 g/mol. The summed E-state index contributed by atoms with van der Waals surface area (Å²) in [6.07, 6.45) is 0. The van der Waals surface area contributed by atoms with Crippen LogP contribution in [-0.2, 0) is 14.3 Å². The highest BCUT2D eigenvalue weighted by Gasteiger charge is 2.36. The SMILES string of the molecule is CCOC(=O)C1=C(C)OC(N)=C(C#N)[C@H]1c1cccc([N+](=O)[O-])c1. The van der Waals surface area contributed by atoms with Gasteiger partial charge in [-0.1, -0.05) is 12.1 Å². The Labute approximate surface area is 137 Å². The predicted octanol–water partition coefficient (Wildman–Crippen LogP) is 2.24. The van der Waals surface area contributed by atoms with E-state index in [9.17, 15) is 20.2 Å². The average Bonchev–Trinajstić information content (AvgIpc) is 2.54. The van der Waals surface area contributed by atoms with Gasteiger partial charge < -0.3 is 15.2 Å². The lowest BCUT2D eigenvalue weighted by Gasteiger charge is -2.26. The van der Waals surface area contributed by atoms with Crippen LogP contribution in [0.1, 0.15) is 25.3 Å². The van der Waals surface area contributed by atoms with Gasteiger partial charge in [-0.05, 0) is 19.4 Å². The molecular formula is C16H15N3O5. The van der Waals surface area contributed by atoms with Crippen molar-refractivity contribution in [2.24, 2.45) is 5.73 Å². The van der Waals surface area contributed by atoms with Crippen molar-refractivity contribution in [1.82, 2.24) is 0 Å². The Morgan fingerprint density at radius 2 is 2.25 bits per heavy atom. The third-order valence-electron chi connectivity index (χ3n) is 3.52. The Bertz CT molecular complexity index is 804. The van der Waals surface area contributed by atoms with Gasteiger partial charge in [-0.3, -0.25) is 10.1 Å². The van der Waals surface area contributed by atoms with Crippen LogP contribution >= 0.6 is 0 Å². The Balaban J connectivity index is 2.65. The van der Waals surface area contributed by atoms with Crippen molar-refractivity contribution < 1.29 is 19.2 Å². The molecule has 0 saturated heterocycles. The second-order valence-corrected chi connectivity index (χ2v) is 4.97. The minimum Gasteiger partial charge on any atom is -0.463 e. The molecular weight excluding hydrogens is 314 g/mol. The molecule has 8 heteroatoms. The van der Waals surface area contributed by atoms with Crippen LogP contribution in [0.4, 0.5) is 5.69 Å². The zero-order valence-electron chi connectivity index (χ0n) is 13.1. The fourth-order valence-electron chi connectivity index (χ4n) is 2.51. The lowest BCUT2D eigenvalue weighted by atomic mass is 9.83. The summed E-state index contributed by atoms with van der Waals surface area (Å²) >= 11 is 0. The molecule has 2 rings (SSSR count). The molecule has 1 aromatic rings. The third kappa shape index (κ3) is 3.05. The zero-order valence-corrected chi connectivity index (χ0v) is 13.1. The van der Waals surface area contributed by atoms with Gasteiger partial charge in [0.25, 0.3) is 5.69 Å². The van der Waals surface area contributed by atoms with Crippen LogP contribution in [0.2, 0.25) is 0 Å². The first-order valence-corrected chi connectivity index (χ1v) is 7.10. The molecule has 24 heavy (non-hydrogen) atoms. The second kappa shape index (κ2) is 6.83. The number of nitro groups is 1. The summed E-state index contributed by atoms with van der Waals surface area (Å²) in [7, 11) is 0. The van der Waals surface area contributed by atoms with Gasteiger partial charge in [-0.2, -0.15) is 5.26 Å². The highest BCUT2D eigenvalue weighted by atomic mass is 16.6. The maximum Gasteiger partial charge on any atom is 0.338 e. The molecule has 0 bridgehead atoms. The van der Waals surface area contributed by atoms with E-state index in [4.69, 9.17) is 15.2 Å². The second-order valence-electron chi connectivity index (χ2n) is 4.97. The van der Waals surface area contributed by atoms with E-state index in [1.54, 1.807) is 13.0 Å². The summed E-state index contributed by atoms with van der Waals surface area (Å²) in [6, 6.07) is 7.60. The summed E-state index contributed by atoms with van der Waals surface area (Å²) < 4.78 is 10.3. The van der Waals surface area contributed by atoms with E-state index < -0.39 is 16.8 Å². The number of benzene rings is 1. The van der Waals surface area contributed by atoms with Gasteiger partial charge in [0, 0.05) is 12.1 Å².